The second-order valence-electron chi connectivity index (χ2n) is 10.0. The maximum absolute atomic E-state index is 13.5. The van der Waals surface area contributed by atoms with E-state index in [9.17, 15) is 14.4 Å². The molecule has 0 unspecified atom stereocenters. The number of nitrogens with one attached hydrogen (secondary N) is 1. The van der Waals surface area contributed by atoms with Gasteiger partial charge in [-0.2, -0.15) is 10.2 Å². The van der Waals surface area contributed by atoms with E-state index in [2.05, 4.69) is 28.4 Å². The second kappa shape index (κ2) is 11.1. The highest BCUT2D eigenvalue weighted by molar-refractivity contribution is 6.08. The zero-order valence-corrected chi connectivity index (χ0v) is 21.8. The van der Waals surface area contributed by atoms with Crippen molar-refractivity contribution in [2.75, 3.05) is 6.61 Å². The van der Waals surface area contributed by atoms with Crippen molar-refractivity contribution in [2.24, 2.45) is 11.0 Å². The lowest BCUT2D eigenvalue weighted by Gasteiger charge is -2.29. The molecule has 1 aliphatic carbocycles. The molecule has 0 radical (unpaired) electrons. The smallest absolute Gasteiger partial charge is 0.312 e. The molecular weight excluding hydrogens is 504 g/mol. The Bertz CT molecular complexity index is 1680. The molecule has 0 spiro atoms. The number of fused-ring (bicyclic) bond motifs is 2. The fourth-order valence-corrected chi connectivity index (χ4v) is 5.64. The average molecular weight is 533 g/mol. The van der Waals surface area contributed by atoms with Crippen molar-refractivity contribution in [2.45, 2.75) is 31.7 Å². The van der Waals surface area contributed by atoms with Crippen LogP contribution in [0.4, 0.5) is 0 Å². The number of ether oxygens (including phenoxy) is 1. The Kier molecular flexibility index (Phi) is 7.06. The molecule has 8 nitrogen and oxygen atoms in total. The van der Waals surface area contributed by atoms with Crippen LogP contribution in [-0.4, -0.2) is 39.4 Å². The lowest BCUT2D eigenvalue weighted by Crippen LogP contribution is -2.34. The molecule has 6 rings (SSSR count). The van der Waals surface area contributed by atoms with Crippen LogP contribution in [0.25, 0.3) is 16.8 Å². The standard InChI is InChI=1S/C32H28N4O4/c37-28(20-40-29(38)19-27-24-15-7-8-16-25(24)32(39)34-33-27)36-31(22-12-5-2-6-13-22)26-17-9-14-23(30(26)35-36)18-21-10-3-1-4-11-21/h1-8,10-13,15-16,18,26,31H,9,14,17,19-20H2,(H,34,39)/b23-18+/t26-,31+/m0/s1. The van der Waals surface area contributed by atoms with E-state index >= 15 is 0 Å². The number of rotatable bonds is 6. The number of amides is 1. The summed E-state index contributed by atoms with van der Waals surface area (Å²) in [5, 5.41) is 13.8. The number of carbonyl (C=O) groups excluding carboxylic acids is 2. The van der Waals surface area contributed by atoms with Gasteiger partial charge in [0.25, 0.3) is 11.5 Å². The van der Waals surface area contributed by atoms with Crippen LogP contribution < -0.4 is 5.56 Å². The first-order chi connectivity index (χ1) is 19.6. The predicted octanol–water partition coefficient (Wildman–Crippen LogP) is 4.83. The third-order valence-electron chi connectivity index (χ3n) is 7.48. The summed E-state index contributed by atoms with van der Waals surface area (Å²) in [5.74, 6) is -0.937. The minimum absolute atomic E-state index is 0.0578. The molecule has 2 atom stereocenters. The number of aromatic nitrogens is 2. The zero-order chi connectivity index (χ0) is 27.5. The van der Waals surface area contributed by atoms with Crippen molar-refractivity contribution >= 4 is 34.4 Å². The predicted molar refractivity (Wildman–Crippen MR) is 152 cm³/mol. The number of benzene rings is 3. The van der Waals surface area contributed by atoms with E-state index in [0.717, 1.165) is 41.7 Å². The first-order valence-corrected chi connectivity index (χ1v) is 13.4. The number of hydrogen-bond donors (Lipinski definition) is 1. The number of hydrazone groups is 1. The summed E-state index contributed by atoms with van der Waals surface area (Å²) in [7, 11) is 0. The fraction of sp³-hybridized carbons (Fsp3) is 0.219. The van der Waals surface area contributed by atoms with Crippen molar-refractivity contribution in [1.82, 2.24) is 15.2 Å². The van der Waals surface area contributed by atoms with Gasteiger partial charge in [0.05, 0.1) is 29.3 Å². The summed E-state index contributed by atoms with van der Waals surface area (Å²) in [6, 6.07) is 26.7. The Morgan fingerprint density at radius 3 is 2.42 bits per heavy atom. The molecule has 8 heteroatoms. The van der Waals surface area contributed by atoms with Crippen molar-refractivity contribution in [1.29, 1.82) is 0 Å². The van der Waals surface area contributed by atoms with Gasteiger partial charge in [0.1, 0.15) is 0 Å². The highest BCUT2D eigenvalue weighted by atomic mass is 16.5. The lowest BCUT2D eigenvalue weighted by molar-refractivity contribution is -0.152. The van der Waals surface area contributed by atoms with Crippen molar-refractivity contribution in [3.05, 3.63) is 118 Å². The summed E-state index contributed by atoms with van der Waals surface area (Å²) >= 11 is 0. The van der Waals surface area contributed by atoms with E-state index in [1.807, 2.05) is 48.5 Å². The van der Waals surface area contributed by atoms with Crippen molar-refractivity contribution < 1.29 is 14.3 Å². The summed E-state index contributed by atoms with van der Waals surface area (Å²) in [6.07, 6.45) is 4.79. The van der Waals surface area contributed by atoms with Gasteiger partial charge >= 0.3 is 5.97 Å². The van der Waals surface area contributed by atoms with Gasteiger partial charge in [-0.25, -0.2) is 10.1 Å². The first-order valence-electron chi connectivity index (χ1n) is 13.4. The number of esters is 1. The van der Waals surface area contributed by atoms with Crippen LogP contribution in [0.3, 0.4) is 0 Å². The molecule has 1 aromatic heterocycles. The third kappa shape index (κ3) is 5.08. The van der Waals surface area contributed by atoms with E-state index in [1.54, 1.807) is 24.3 Å². The molecule has 1 N–H and O–H groups in total. The third-order valence-corrected chi connectivity index (χ3v) is 7.48. The highest BCUT2D eigenvalue weighted by Crippen LogP contribution is 2.44. The van der Waals surface area contributed by atoms with Gasteiger partial charge in [0, 0.05) is 11.3 Å². The second-order valence-corrected chi connectivity index (χ2v) is 10.0. The molecule has 1 amide bonds. The van der Waals surface area contributed by atoms with Gasteiger partial charge in [0.15, 0.2) is 6.61 Å². The van der Waals surface area contributed by atoms with Gasteiger partial charge < -0.3 is 4.74 Å². The zero-order valence-electron chi connectivity index (χ0n) is 21.8. The van der Waals surface area contributed by atoms with Gasteiger partial charge in [-0.15, -0.1) is 0 Å². The van der Waals surface area contributed by atoms with Gasteiger partial charge in [-0.05, 0) is 48.1 Å². The Hall–Kier alpha value is -4.85. The Morgan fingerprint density at radius 1 is 0.950 bits per heavy atom. The Labute approximate surface area is 231 Å². The van der Waals surface area contributed by atoms with Crippen molar-refractivity contribution in [3.8, 4) is 0 Å². The normalized spacial score (nSPS) is 19.4. The number of aromatic amines is 1. The van der Waals surface area contributed by atoms with Crippen LogP contribution in [0.15, 0.2) is 100 Å². The molecule has 1 aliphatic heterocycles. The molecule has 0 bridgehead atoms. The van der Waals surface area contributed by atoms with Crippen LogP contribution in [0.5, 0.6) is 0 Å². The molecule has 1 fully saturated rings. The minimum atomic E-state index is -0.608. The summed E-state index contributed by atoms with van der Waals surface area (Å²) in [4.78, 5) is 38.3. The van der Waals surface area contributed by atoms with Crippen LogP contribution >= 0.6 is 0 Å². The summed E-state index contributed by atoms with van der Waals surface area (Å²) < 4.78 is 5.41. The van der Waals surface area contributed by atoms with E-state index in [1.165, 1.54) is 5.01 Å². The minimum Gasteiger partial charge on any atom is -0.455 e. The van der Waals surface area contributed by atoms with E-state index in [-0.39, 0.29) is 29.8 Å². The van der Waals surface area contributed by atoms with Crippen molar-refractivity contribution in [3.63, 3.8) is 0 Å². The molecule has 2 aliphatic rings. The average Bonchev–Trinajstić information content (AvgIpc) is 3.39. The van der Waals surface area contributed by atoms with Crippen LogP contribution in [-0.2, 0) is 20.7 Å². The Morgan fingerprint density at radius 2 is 1.65 bits per heavy atom. The molecule has 4 aromatic rings. The van der Waals surface area contributed by atoms with Gasteiger partial charge in [-0.3, -0.25) is 14.4 Å². The number of nitrogens with zero attached hydrogens (tertiary/aromatic N) is 3. The van der Waals surface area contributed by atoms with E-state index in [0.29, 0.717) is 16.5 Å². The lowest BCUT2D eigenvalue weighted by atomic mass is 9.77. The molecule has 2 heterocycles. The molecular formula is C32H28N4O4. The summed E-state index contributed by atoms with van der Waals surface area (Å²) in [5.41, 5.74) is 4.21. The first kappa shape index (κ1) is 25.4. The van der Waals surface area contributed by atoms with Crippen LogP contribution in [0.2, 0.25) is 0 Å². The Balaban J connectivity index is 1.23. The molecule has 200 valence electrons. The topological polar surface area (TPSA) is 105 Å². The number of H-pyrrole nitrogens is 1. The number of carbonyl (C=O) groups is 2. The van der Waals surface area contributed by atoms with Crippen LogP contribution in [0.1, 0.15) is 42.1 Å². The van der Waals surface area contributed by atoms with E-state index < -0.39 is 12.6 Å². The molecule has 1 saturated carbocycles. The molecule has 0 saturated heterocycles. The molecule has 40 heavy (non-hydrogen) atoms. The SMILES string of the molecule is O=C(Cc1n[nH]c(=O)c2ccccc12)OCC(=O)N1N=C2/C(=C/c3ccccc3)CCC[C@@H]2[C@H]1c1ccccc1. The quantitative estimate of drug-likeness (QED) is 0.358. The largest absolute Gasteiger partial charge is 0.455 e. The van der Waals surface area contributed by atoms with Gasteiger partial charge in [0.2, 0.25) is 0 Å². The highest BCUT2D eigenvalue weighted by Gasteiger charge is 2.43. The number of hydrogen-bond acceptors (Lipinski definition) is 6. The monoisotopic (exact) mass is 532 g/mol. The van der Waals surface area contributed by atoms with Crippen LogP contribution in [0, 0.1) is 5.92 Å². The number of allylic oxidation sites excluding steroid dienone is 1. The maximum atomic E-state index is 13.5. The fourth-order valence-electron chi connectivity index (χ4n) is 5.64. The summed E-state index contributed by atoms with van der Waals surface area (Å²) in [6.45, 7) is -0.440. The van der Waals surface area contributed by atoms with Gasteiger partial charge in [-0.1, -0.05) is 78.9 Å². The maximum Gasteiger partial charge on any atom is 0.312 e. The van der Waals surface area contributed by atoms with E-state index in [4.69, 9.17) is 9.84 Å². The molecule has 3 aromatic carbocycles.